The molecule has 0 aliphatic heterocycles. The van der Waals surface area contributed by atoms with E-state index in [-0.39, 0.29) is 12.3 Å². The summed E-state index contributed by atoms with van der Waals surface area (Å²) in [4.78, 5) is 22.5. The first-order valence-corrected chi connectivity index (χ1v) is 6.09. The Morgan fingerprint density at radius 2 is 2.29 bits per heavy atom. The number of rotatable bonds is 6. The average molecular weight is 304 g/mol. The summed E-state index contributed by atoms with van der Waals surface area (Å²) in [5.41, 5.74) is 0. The van der Waals surface area contributed by atoms with Crippen LogP contribution in [0.1, 0.15) is 30.3 Å². The van der Waals surface area contributed by atoms with Gasteiger partial charge in [-0.1, -0.05) is 13.3 Å². The van der Waals surface area contributed by atoms with Crippen molar-refractivity contribution in [2.24, 2.45) is 5.92 Å². The number of carboxylic acid groups (broad SMARTS) is 1. The molecule has 94 valence electrons. The van der Waals surface area contributed by atoms with Gasteiger partial charge in [0.1, 0.15) is 0 Å². The molecule has 1 heterocycles. The van der Waals surface area contributed by atoms with E-state index in [1.54, 1.807) is 6.07 Å². The second-order valence-electron chi connectivity index (χ2n) is 3.63. The standard InChI is InChI=1S/C11H14BrNO4/c1-2-3-7(11(15)16)6-13-10(14)9-8(12)4-5-17-9/h4-5,7H,2-3,6H2,1H3,(H,13,14)(H,15,16). The largest absolute Gasteiger partial charge is 0.481 e. The highest BCUT2D eigenvalue weighted by Gasteiger charge is 2.19. The first-order valence-electron chi connectivity index (χ1n) is 5.30. The number of carbonyl (C=O) groups is 2. The van der Waals surface area contributed by atoms with Crippen LogP contribution in [-0.2, 0) is 4.79 Å². The normalized spacial score (nSPS) is 12.1. The van der Waals surface area contributed by atoms with Gasteiger partial charge < -0.3 is 14.8 Å². The molecule has 1 amide bonds. The van der Waals surface area contributed by atoms with E-state index in [4.69, 9.17) is 9.52 Å². The van der Waals surface area contributed by atoms with Crippen LogP contribution in [0.25, 0.3) is 0 Å². The van der Waals surface area contributed by atoms with Crippen LogP contribution in [0.5, 0.6) is 0 Å². The lowest BCUT2D eigenvalue weighted by molar-refractivity contribution is -0.141. The lowest BCUT2D eigenvalue weighted by Crippen LogP contribution is -2.32. The van der Waals surface area contributed by atoms with Crippen molar-refractivity contribution in [1.29, 1.82) is 0 Å². The van der Waals surface area contributed by atoms with Gasteiger partial charge in [0, 0.05) is 6.54 Å². The van der Waals surface area contributed by atoms with Crippen LogP contribution in [0, 0.1) is 5.92 Å². The fraction of sp³-hybridized carbons (Fsp3) is 0.455. The Bertz CT molecular complexity index is 402. The minimum atomic E-state index is -0.898. The molecular weight excluding hydrogens is 290 g/mol. The molecule has 0 saturated heterocycles. The third-order valence-corrected chi connectivity index (χ3v) is 2.94. The highest BCUT2D eigenvalue weighted by atomic mass is 79.9. The summed E-state index contributed by atoms with van der Waals surface area (Å²) >= 11 is 3.16. The molecule has 0 aliphatic carbocycles. The van der Waals surface area contributed by atoms with Gasteiger partial charge in [-0.3, -0.25) is 9.59 Å². The molecule has 1 rings (SSSR count). The van der Waals surface area contributed by atoms with Crippen LogP contribution in [0.15, 0.2) is 21.2 Å². The molecule has 17 heavy (non-hydrogen) atoms. The van der Waals surface area contributed by atoms with Gasteiger partial charge in [-0.25, -0.2) is 0 Å². The summed E-state index contributed by atoms with van der Waals surface area (Å²) in [6, 6.07) is 1.61. The van der Waals surface area contributed by atoms with Crippen LogP contribution in [-0.4, -0.2) is 23.5 Å². The zero-order chi connectivity index (χ0) is 12.8. The zero-order valence-electron chi connectivity index (χ0n) is 9.40. The highest BCUT2D eigenvalue weighted by Crippen LogP contribution is 2.17. The van der Waals surface area contributed by atoms with E-state index in [1.807, 2.05) is 6.92 Å². The van der Waals surface area contributed by atoms with Crippen LogP contribution >= 0.6 is 15.9 Å². The summed E-state index contributed by atoms with van der Waals surface area (Å²) < 4.78 is 5.53. The van der Waals surface area contributed by atoms with Crippen LogP contribution in [0.3, 0.4) is 0 Å². The minimum Gasteiger partial charge on any atom is -0.481 e. The summed E-state index contributed by atoms with van der Waals surface area (Å²) in [6.07, 6.45) is 2.69. The number of carbonyl (C=O) groups excluding carboxylic acids is 1. The van der Waals surface area contributed by atoms with Gasteiger partial charge in [0.15, 0.2) is 0 Å². The van der Waals surface area contributed by atoms with E-state index >= 15 is 0 Å². The molecule has 0 bridgehead atoms. The second kappa shape index (κ2) is 6.44. The van der Waals surface area contributed by atoms with Crippen LogP contribution in [0.2, 0.25) is 0 Å². The zero-order valence-corrected chi connectivity index (χ0v) is 11.0. The summed E-state index contributed by atoms with van der Waals surface area (Å²) in [5.74, 6) is -1.71. The predicted molar refractivity (Wildman–Crippen MR) is 64.8 cm³/mol. The molecule has 6 heteroatoms. The van der Waals surface area contributed by atoms with Gasteiger partial charge in [0.2, 0.25) is 5.76 Å². The minimum absolute atomic E-state index is 0.106. The Labute approximate surface area is 107 Å². The molecule has 0 spiro atoms. The second-order valence-corrected chi connectivity index (χ2v) is 4.49. The topological polar surface area (TPSA) is 79.5 Å². The number of nitrogens with one attached hydrogen (secondary N) is 1. The number of halogens is 1. The van der Waals surface area contributed by atoms with Crippen molar-refractivity contribution < 1.29 is 19.1 Å². The summed E-state index contributed by atoms with van der Waals surface area (Å²) in [7, 11) is 0. The molecule has 1 unspecified atom stereocenters. The summed E-state index contributed by atoms with van der Waals surface area (Å²) in [5, 5.41) is 11.5. The number of furan rings is 1. The van der Waals surface area contributed by atoms with Crippen molar-refractivity contribution in [3.05, 3.63) is 22.6 Å². The van der Waals surface area contributed by atoms with E-state index in [0.29, 0.717) is 10.9 Å². The Balaban J connectivity index is 2.52. The molecule has 0 aliphatic rings. The fourth-order valence-electron chi connectivity index (χ4n) is 1.41. The van der Waals surface area contributed by atoms with Gasteiger partial charge in [-0.2, -0.15) is 0 Å². The van der Waals surface area contributed by atoms with E-state index in [2.05, 4.69) is 21.2 Å². The Hall–Kier alpha value is -1.30. The molecule has 0 aromatic carbocycles. The molecule has 0 radical (unpaired) electrons. The lowest BCUT2D eigenvalue weighted by Gasteiger charge is -2.11. The third-order valence-electron chi connectivity index (χ3n) is 2.32. The molecular formula is C11H14BrNO4. The van der Waals surface area contributed by atoms with Gasteiger partial charge >= 0.3 is 5.97 Å². The molecule has 2 N–H and O–H groups in total. The van der Waals surface area contributed by atoms with E-state index in [9.17, 15) is 9.59 Å². The van der Waals surface area contributed by atoms with Gasteiger partial charge in [0.25, 0.3) is 5.91 Å². The maximum atomic E-state index is 11.6. The van der Waals surface area contributed by atoms with Crippen LogP contribution < -0.4 is 5.32 Å². The molecule has 1 aromatic heterocycles. The Morgan fingerprint density at radius 3 is 2.76 bits per heavy atom. The number of hydrogen-bond acceptors (Lipinski definition) is 3. The highest BCUT2D eigenvalue weighted by molar-refractivity contribution is 9.10. The third kappa shape index (κ3) is 3.89. The van der Waals surface area contributed by atoms with Crippen LogP contribution in [0.4, 0.5) is 0 Å². The lowest BCUT2D eigenvalue weighted by atomic mass is 10.0. The number of hydrogen-bond donors (Lipinski definition) is 2. The van der Waals surface area contributed by atoms with Crippen molar-refractivity contribution in [2.45, 2.75) is 19.8 Å². The number of aliphatic carboxylic acids is 1. The van der Waals surface area contributed by atoms with Gasteiger partial charge in [0.05, 0.1) is 16.7 Å². The first-order chi connectivity index (χ1) is 8.06. The van der Waals surface area contributed by atoms with Gasteiger partial charge in [-0.15, -0.1) is 0 Å². The number of amides is 1. The van der Waals surface area contributed by atoms with Crippen molar-refractivity contribution in [2.75, 3.05) is 6.54 Å². The fourth-order valence-corrected chi connectivity index (χ4v) is 1.79. The molecule has 0 fully saturated rings. The van der Waals surface area contributed by atoms with Crippen molar-refractivity contribution in [1.82, 2.24) is 5.32 Å². The smallest absolute Gasteiger partial charge is 0.308 e. The van der Waals surface area contributed by atoms with E-state index < -0.39 is 17.8 Å². The molecule has 1 atom stereocenters. The number of carboxylic acids is 1. The Kier molecular flexibility index (Phi) is 5.21. The monoisotopic (exact) mass is 303 g/mol. The van der Waals surface area contributed by atoms with Crippen molar-refractivity contribution >= 4 is 27.8 Å². The molecule has 1 aromatic rings. The van der Waals surface area contributed by atoms with Crippen molar-refractivity contribution in [3.63, 3.8) is 0 Å². The predicted octanol–water partition coefficient (Wildman–Crippen LogP) is 2.27. The molecule has 5 nitrogen and oxygen atoms in total. The summed E-state index contributed by atoms with van der Waals surface area (Å²) in [6.45, 7) is 2.01. The first kappa shape index (κ1) is 13.8. The quantitative estimate of drug-likeness (QED) is 0.845. The average Bonchev–Trinajstić information content (AvgIpc) is 2.69. The van der Waals surface area contributed by atoms with Crippen molar-refractivity contribution in [3.8, 4) is 0 Å². The molecule has 0 saturated carbocycles. The van der Waals surface area contributed by atoms with E-state index in [1.165, 1.54) is 6.26 Å². The maximum absolute atomic E-state index is 11.6. The van der Waals surface area contributed by atoms with E-state index in [0.717, 1.165) is 6.42 Å². The maximum Gasteiger partial charge on any atom is 0.308 e. The SMILES string of the molecule is CCCC(CNC(=O)c1occc1Br)C(=O)O. The van der Waals surface area contributed by atoms with Gasteiger partial charge in [-0.05, 0) is 28.4 Å². The Morgan fingerprint density at radius 1 is 1.59 bits per heavy atom.